The highest BCUT2D eigenvalue weighted by Crippen LogP contribution is 2.24. The molecule has 1 N–H and O–H groups in total. The molecule has 122 valence electrons. The van der Waals surface area contributed by atoms with E-state index in [1.54, 1.807) is 0 Å². The Morgan fingerprint density at radius 2 is 1.87 bits per heavy atom. The maximum absolute atomic E-state index is 12.0. The summed E-state index contributed by atoms with van der Waals surface area (Å²) in [6.45, 7) is 0. The molecule has 0 fully saturated rings. The number of alkyl halides is 3. The summed E-state index contributed by atoms with van der Waals surface area (Å²) in [6.07, 6.45) is -0.921. The van der Waals surface area contributed by atoms with E-state index in [0.717, 1.165) is 12.1 Å². The summed E-state index contributed by atoms with van der Waals surface area (Å²) in [6, 6.07) is 3.17. The Kier molecular flexibility index (Phi) is 4.84. The van der Waals surface area contributed by atoms with Crippen molar-refractivity contribution < 1.29 is 31.1 Å². The first-order chi connectivity index (χ1) is 10.8. The van der Waals surface area contributed by atoms with Crippen LogP contribution < -0.4 is 10.1 Å². The molecule has 0 radical (unpaired) electrons. The highest BCUT2D eigenvalue weighted by molar-refractivity contribution is 7.73. The Morgan fingerprint density at radius 3 is 2.43 bits per heavy atom. The SMILES string of the molecule is O=C(Nc1ccc(OC(F)(F)F)cc1)C1N=CC=CC1=S(=O)=O. The molecule has 1 unspecified atom stereocenters. The standard InChI is InChI=1S/C13H9F3N2O4S/c14-13(15,16)22-9-5-3-8(4-6-9)18-12(19)11-10(23(20)21)2-1-7-17-11/h1-7,11H,(H,18,19). The number of aliphatic imine (C=N–C) groups is 1. The first-order valence-corrected chi connectivity index (χ1v) is 7.16. The number of nitrogens with one attached hydrogen (secondary N) is 1. The van der Waals surface area contributed by atoms with Crippen LogP contribution >= 0.6 is 0 Å². The zero-order valence-corrected chi connectivity index (χ0v) is 12.1. The van der Waals surface area contributed by atoms with E-state index in [1.165, 1.54) is 30.5 Å². The molecule has 1 amide bonds. The van der Waals surface area contributed by atoms with Gasteiger partial charge in [-0.2, -0.15) is 8.42 Å². The summed E-state index contributed by atoms with van der Waals surface area (Å²) >= 11 is 0. The molecule has 0 saturated carbocycles. The number of benzene rings is 1. The number of amides is 1. The summed E-state index contributed by atoms with van der Waals surface area (Å²) in [4.78, 5) is 15.6. The Labute approximate surface area is 129 Å². The van der Waals surface area contributed by atoms with Crippen LogP contribution in [0.15, 0.2) is 41.4 Å². The van der Waals surface area contributed by atoms with E-state index in [-0.39, 0.29) is 10.6 Å². The maximum Gasteiger partial charge on any atom is 0.573 e. The lowest BCUT2D eigenvalue weighted by Crippen LogP contribution is -2.34. The van der Waals surface area contributed by atoms with Crippen molar-refractivity contribution >= 4 is 33.0 Å². The molecule has 0 spiro atoms. The molecule has 6 nitrogen and oxygen atoms in total. The average molecular weight is 346 g/mol. The molecule has 0 aliphatic carbocycles. The summed E-state index contributed by atoms with van der Waals surface area (Å²) in [5.74, 6) is -1.17. The van der Waals surface area contributed by atoms with Crippen LogP contribution in [0.3, 0.4) is 0 Å². The van der Waals surface area contributed by atoms with Crippen LogP contribution in [0, 0.1) is 0 Å². The Hall–Kier alpha value is -2.62. The third-order valence-electron chi connectivity index (χ3n) is 2.65. The maximum atomic E-state index is 12.0. The Morgan fingerprint density at radius 1 is 1.22 bits per heavy atom. The number of rotatable bonds is 3. The lowest BCUT2D eigenvalue weighted by molar-refractivity contribution is -0.274. The van der Waals surface area contributed by atoms with Gasteiger partial charge in [0.25, 0.3) is 5.91 Å². The number of nitrogens with zero attached hydrogens (tertiary/aromatic N) is 1. The lowest BCUT2D eigenvalue weighted by Gasteiger charge is -2.14. The van der Waals surface area contributed by atoms with Gasteiger partial charge in [0.1, 0.15) is 10.6 Å². The van der Waals surface area contributed by atoms with E-state index >= 15 is 0 Å². The molecular weight excluding hydrogens is 337 g/mol. The number of carbonyl (C=O) groups is 1. The van der Waals surface area contributed by atoms with Gasteiger partial charge in [0.05, 0.1) is 0 Å². The molecule has 1 aliphatic rings. The number of halogens is 3. The van der Waals surface area contributed by atoms with E-state index in [2.05, 4.69) is 15.0 Å². The minimum Gasteiger partial charge on any atom is -0.406 e. The van der Waals surface area contributed by atoms with Gasteiger partial charge in [-0.15, -0.1) is 13.2 Å². The van der Waals surface area contributed by atoms with Crippen LogP contribution in [0.1, 0.15) is 0 Å². The number of dihydropyridines is 1. The van der Waals surface area contributed by atoms with Crippen LogP contribution in [0.2, 0.25) is 0 Å². The van der Waals surface area contributed by atoms with Crippen molar-refractivity contribution in [3.63, 3.8) is 0 Å². The monoisotopic (exact) mass is 346 g/mol. The zero-order valence-electron chi connectivity index (χ0n) is 11.2. The van der Waals surface area contributed by atoms with Gasteiger partial charge in [-0.1, -0.05) is 0 Å². The summed E-state index contributed by atoms with van der Waals surface area (Å²) < 4.78 is 61.9. The van der Waals surface area contributed by atoms with Crippen molar-refractivity contribution in [2.24, 2.45) is 4.99 Å². The second-order valence-electron chi connectivity index (χ2n) is 4.26. The molecular formula is C13H9F3N2O4S. The van der Waals surface area contributed by atoms with E-state index in [4.69, 9.17) is 0 Å². The number of hydrogen-bond acceptors (Lipinski definition) is 5. The molecule has 1 aliphatic heterocycles. The smallest absolute Gasteiger partial charge is 0.406 e. The molecule has 0 bridgehead atoms. The molecule has 1 atom stereocenters. The third-order valence-corrected chi connectivity index (χ3v) is 3.39. The van der Waals surface area contributed by atoms with Gasteiger partial charge in [0.15, 0.2) is 6.04 Å². The minimum atomic E-state index is -4.81. The predicted molar refractivity (Wildman–Crippen MR) is 77.1 cm³/mol. The zero-order chi connectivity index (χ0) is 17.0. The number of carbonyl (C=O) groups excluding carboxylic acids is 1. The molecule has 1 aromatic rings. The number of allylic oxidation sites excluding steroid dienone is 1. The number of ether oxygens (including phenoxy) is 1. The van der Waals surface area contributed by atoms with Gasteiger partial charge >= 0.3 is 6.36 Å². The number of anilines is 1. The van der Waals surface area contributed by atoms with Gasteiger partial charge in [-0.05, 0) is 36.4 Å². The highest BCUT2D eigenvalue weighted by Gasteiger charge is 2.31. The topological polar surface area (TPSA) is 84.8 Å². The van der Waals surface area contributed by atoms with Gasteiger partial charge in [-0.25, -0.2) is 0 Å². The van der Waals surface area contributed by atoms with Gasteiger partial charge in [0, 0.05) is 11.9 Å². The molecule has 1 heterocycles. The van der Waals surface area contributed by atoms with Crippen LogP contribution in [-0.2, 0) is 15.1 Å². The second-order valence-corrected chi connectivity index (χ2v) is 5.20. The van der Waals surface area contributed by atoms with Gasteiger partial charge in [-0.3, -0.25) is 9.79 Å². The van der Waals surface area contributed by atoms with Gasteiger partial charge < -0.3 is 10.1 Å². The normalized spacial score (nSPS) is 17.0. The minimum absolute atomic E-state index is 0.172. The molecule has 23 heavy (non-hydrogen) atoms. The van der Waals surface area contributed by atoms with Crippen molar-refractivity contribution in [1.29, 1.82) is 0 Å². The average Bonchev–Trinajstić information content (AvgIpc) is 2.47. The first kappa shape index (κ1) is 16.7. The predicted octanol–water partition coefficient (Wildman–Crippen LogP) is 1.58. The quantitative estimate of drug-likeness (QED) is 0.842. The number of hydrogen-bond donors (Lipinski definition) is 1. The van der Waals surface area contributed by atoms with Crippen molar-refractivity contribution in [3.05, 3.63) is 36.4 Å². The van der Waals surface area contributed by atoms with Crippen LogP contribution in [-0.4, -0.2) is 37.8 Å². The summed E-state index contributed by atoms with van der Waals surface area (Å²) in [5, 5.41) is 2.37. The van der Waals surface area contributed by atoms with E-state index in [9.17, 15) is 26.4 Å². The van der Waals surface area contributed by atoms with E-state index in [1.807, 2.05) is 0 Å². The lowest BCUT2D eigenvalue weighted by atomic mass is 10.1. The van der Waals surface area contributed by atoms with Crippen LogP contribution in [0.4, 0.5) is 18.9 Å². The first-order valence-electron chi connectivity index (χ1n) is 6.09. The molecule has 10 heteroatoms. The van der Waals surface area contributed by atoms with E-state index < -0.39 is 34.4 Å². The largest absolute Gasteiger partial charge is 0.573 e. The summed E-state index contributed by atoms with van der Waals surface area (Å²) in [7, 11) is -2.62. The van der Waals surface area contributed by atoms with Crippen molar-refractivity contribution in [3.8, 4) is 5.75 Å². The molecule has 1 aromatic carbocycles. The van der Waals surface area contributed by atoms with Crippen LogP contribution in [0.5, 0.6) is 5.75 Å². The van der Waals surface area contributed by atoms with E-state index in [0.29, 0.717) is 0 Å². The molecule has 2 rings (SSSR count). The van der Waals surface area contributed by atoms with Gasteiger partial charge in [0.2, 0.25) is 10.3 Å². The fourth-order valence-electron chi connectivity index (χ4n) is 1.73. The second kappa shape index (κ2) is 6.65. The molecule has 0 saturated heterocycles. The fourth-order valence-corrected chi connectivity index (χ4v) is 2.27. The van der Waals surface area contributed by atoms with Crippen molar-refractivity contribution in [2.45, 2.75) is 12.4 Å². The highest BCUT2D eigenvalue weighted by atomic mass is 32.2. The van der Waals surface area contributed by atoms with Crippen molar-refractivity contribution in [2.75, 3.05) is 5.32 Å². The fraction of sp³-hybridized carbons (Fsp3) is 0.154. The Balaban J connectivity index is 2.10. The Bertz CT molecular complexity index is 788. The third kappa shape index (κ3) is 4.68. The summed E-state index contributed by atoms with van der Waals surface area (Å²) in [5.41, 5.74) is 0.172. The van der Waals surface area contributed by atoms with Crippen LogP contribution in [0.25, 0.3) is 0 Å². The molecule has 0 aromatic heterocycles. The van der Waals surface area contributed by atoms with Crippen molar-refractivity contribution in [1.82, 2.24) is 0 Å².